The second-order valence-electron chi connectivity index (χ2n) is 4.91. The first-order valence-corrected chi connectivity index (χ1v) is 7.51. The maximum absolute atomic E-state index is 12.4. The number of nitrogens with one attached hydrogen (secondary N) is 1. The van der Waals surface area contributed by atoms with Crippen molar-refractivity contribution < 1.29 is 28.9 Å². The standard InChI is InChI=1S/C13H15NO6S/c15-11(10-9-8(7-21-10)19-5-6-20-9)14-13(12(16)17)1-3-18-4-2-13/h7H,1-6H2,(H,14,15)(H,16,17). The predicted molar refractivity (Wildman–Crippen MR) is 73.2 cm³/mol. The van der Waals surface area contributed by atoms with Crippen molar-refractivity contribution in [3.8, 4) is 11.5 Å². The summed E-state index contributed by atoms with van der Waals surface area (Å²) in [5, 5.41) is 13.8. The molecule has 3 heterocycles. The molecule has 114 valence electrons. The zero-order valence-electron chi connectivity index (χ0n) is 11.2. The number of carboxylic acids is 1. The minimum Gasteiger partial charge on any atom is -0.485 e. The molecule has 0 aliphatic carbocycles. The molecule has 0 radical (unpaired) electrons. The van der Waals surface area contributed by atoms with E-state index in [1.807, 2.05) is 0 Å². The molecule has 7 nitrogen and oxygen atoms in total. The van der Waals surface area contributed by atoms with Crippen LogP contribution in [0.4, 0.5) is 0 Å². The average molecular weight is 313 g/mol. The number of ether oxygens (including phenoxy) is 3. The van der Waals surface area contributed by atoms with Gasteiger partial charge in [-0.2, -0.15) is 0 Å². The zero-order valence-corrected chi connectivity index (χ0v) is 12.0. The second kappa shape index (κ2) is 5.53. The maximum atomic E-state index is 12.4. The molecule has 0 unspecified atom stereocenters. The zero-order chi connectivity index (χ0) is 14.9. The number of rotatable bonds is 3. The summed E-state index contributed by atoms with van der Waals surface area (Å²) < 4.78 is 16.0. The highest BCUT2D eigenvalue weighted by Gasteiger charge is 2.42. The molecule has 8 heteroatoms. The number of fused-ring (bicyclic) bond motifs is 1. The first-order chi connectivity index (χ1) is 10.1. The molecule has 1 amide bonds. The molecule has 0 spiro atoms. The Bertz CT molecular complexity index is 563. The van der Waals surface area contributed by atoms with E-state index in [1.54, 1.807) is 5.38 Å². The van der Waals surface area contributed by atoms with Gasteiger partial charge in [0.1, 0.15) is 23.6 Å². The molecule has 2 N–H and O–H groups in total. The number of aliphatic carboxylic acids is 1. The number of amides is 1. The maximum Gasteiger partial charge on any atom is 0.329 e. The fraction of sp³-hybridized carbons (Fsp3) is 0.538. The van der Waals surface area contributed by atoms with Gasteiger partial charge < -0.3 is 24.6 Å². The van der Waals surface area contributed by atoms with E-state index in [0.717, 1.165) is 0 Å². The Kier molecular flexibility index (Phi) is 3.73. The monoisotopic (exact) mass is 313 g/mol. The Morgan fingerprint density at radius 3 is 2.62 bits per heavy atom. The lowest BCUT2D eigenvalue weighted by Crippen LogP contribution is -2.57. The van der Waals surface area contributed by atoms with Crippen LogP contribution in [0.1, 0.15) is 22.5 Å². The molecule has 3 rings (SSSR count). The van der Waals surface area contributed by atoms with Gasteiger partial charge in [0, 0.05) is 31.4 Å². The van der Waals surface area contributed by atoms with Gasteiger partial charge in [0.05, 0.1) is 0 Å². The fourth-order valence-corrected chi connectivity index (χ4v) is 3.23. The summed E-state index contributed by atoms with van der Waals surface area (Å²) in [7, 11) is 0. The largest absolute Gasteiger partial charge is 0.485 e. The van der Waals surface area contributed by atoms with Crippen molar-refractivity contribution in [2.24, 2.45) is 0 Å². The molecular formula is C13H15NO6S. The van der Waals surface area contributed by atoms with E-state index in [9.17, 15) is 14.7 Å². The lowest BCUT2D eigenvalue weighted by molar-refractivity contribution is -0.148. The van der Waals surface area contributed by atoms with Crippen LogP contribution in [-0.4, -0.2) is 48.9 Å². The topological polar surface area (TPSA) is 94.1 Å². The summed E-state index contributed by atoms with van der Waals surface area (Å²) in [6.45, 7) is 1.45. The number of carbonyl (C=O) groups is 2. The van der Waals surface area contributed by atoms with Crippen molar-refractivity contribution in [1.29, 1.82) is 0 Å². The molecular weight excluding hydrogens is 298 g/mol. The van der Waals surface area contributed by atoms with Crippen molar-refractivity contribution >= 4 is 23.2 Å². The quantitative estimate of drug-likeness (QED) is 0.860. The van der Waals surface area contributed by atoms with Crippen LogP contribution in [0.2, 0.25) is 0 Å². The summed E-state index contributed by atoms with van der Waals surface area (Å²) in [5.74, 6) is -0.554. The number of carbonyl (C=O) groups excluding carboxylic acids is 1. The van der Waals surface area contributed by atoms with Gasteiger partial charge in [0.2, 0.25) is 0 Å². The van der Waals surface area contributed by atoms with E-state index in [-0.39, 0.29) is 12.8 Å². The fourth-order valence-electron chi connectivity index (χ4n) is 2.41. The molecule has 1 aromatic rings. The Labute approximate surface area is 124 Å². The molecule has 1 aromatic heterocycles. The first kappa shape index (κ1) is 14.2. The Balaban J connectivity index is 1.82. The predicted octanol–water partition coefficient (Wildman–Crippen LogP) is 0.883. The molecule has 1 fully saturated rings. The molecule has 2 aliphatic heterocycles. The van der Waals surface area contributed by atoms with Crippen molar-refractivity contribution in [2.75, 3.05) is 26.4 Å². The van der Waals surface area contributed by atoms with E-state index in [0.29, 0.717) is 42.8 Å². The van der Waals surface area contributed by atoms with Crippen molar-refractivity contribution in [3.05, 3.63) is 10.3 Å². The lowest BCUT2D eigenvalue weighted by Gasteiger charge is -2.33. The van der Waals surface area contributed by atoms with Gasteiger partial charge in [0.25, 0.3) is 5.91 Å². The Morgan fingerprint density at radius 2 is 1.90 bits per heavy atom. The molecule has 21 heavy (non-hydrogen) atoms. The van der Waals surface area contributed by atoms with Crippen LogP contribution in [0.3, 0.4) is 0 Å². The number of hydrogen-bond acceptors (Lipinski definition) is 6. The molecule has 0 atom stereocenters. The van der Waals surface area contributed by atoms with Crippen LogP contribution in [0.25, 0.3) is 0 Å². The minimum atomic E-state index is -1.28. The van der Waals surface area contributed by atoms with Crippen LogP contribution >= 0.6 is 11.3 Å². The molecule has 0 aromatic carbocycles. The molecule has 1 saturated heterocycles. The van der Waals surface area contributed by atoms with E-state index in [1.165, 1.54) is 11.3 Å². The van der Waals surface area contributed by atoms with Crippen LogP contribution in [0, 0.1) is 0 Å². The molecule has 2 aliphatic rings. The van der Waals surface area contributed by atoms with E-state index >= 15 is 0 Å². The van der Waals surface area contributed by atoms with Gasteiger partial charge in [0.15, 0.2) is 11.5 Å². The Hall–Kier alpha value is -1.80. The number of hydrogen-bond donors (Lipinski definition) is 2. The van der Waals surface area contributed by atoms with Crippen LogP contribution in [0.15, 0.2) is 5.38 Å². The van der Waals surface area contributed by atoms with Crippen molar-refractivity contribution in [2.45, 2.75) is 18.4 Å². The Morgan fingerprint density at radius 1 is 1.19 bits per heavy atom. The first-order valence-electron chi connectivity index (χ1n) is 6.63. The summed E-state index contributed by atoms with van der Waals surface area (Å²) in [4.78, 5) is 24.3. The normalized spacial score (nSPS) is 19.8. The smallest absolute Gasteiger partial charge is 0.329 e. The summed E-state index contributed by atoms with van der Waals surface area (Å²) in [5.41, 5.74) is -1.28. The van der Waals surface area contributed by atoms with Gasteiger partial charge in [-0.15, -0.1) is 11.3 Å². The lowest BCUT2D eigenvalue weighted by atomic mass is 9.90. The number of carboxylic acid groups (broad SMARTS) is 1. The SMILES string of the molecule is O=C(NC1(C(=O)O)CCOCC1)c1scc2c1OCCO2. The van der Waals surface area contributed by atoms with E-state index in [2.05, 4.69) is 5.32 Å². The second-order valence-corrected chi connectivity index (χ2v) is 5.79. The van der Waals surface area contributed by atoms with Crippen LogP contribution in [0.5, 0.6) is 11.5 Å². The van der Waals surface area contributed by atoms with Gasteiger partial charge in [-0.1, -0.05) is 0 Å². The molecule has 0 bridgehead atoms. The van der Waals surface area contributed by atoms with Crippen molar-refractivity contribution in [3.63, 3.8) is 0 Å². The minimum absolute atomic E-state index is 0.249. The van der Waals surface area contributed by atoms with Crippen molar-refractivity contribution in [1.82, 2.24) is 5.32 Å². The van der Waals surface area contributed by atoms with E-state index in [4.69, 9.17) is 14.2 Å². The van der Waals surface area contributed by atoms with Gasteiger partial charge in [-0.05, 0) is 0 Å². The average Bonchev–Trinajstić information content (AvgIpc) is 2.92. The summed E-state index contributed by atoms with van der Waals surface area (Å²) in [6.07, 6.45) is 0.498. The van der Waals surface area contributed by atoms with Crippen LogP contribution < -0.4 is 14.8 Å². The summed E-state index contributed by atoms with van der Waals surface area (Å²) in [6, 6.07) is 0. The van der Waals surface area contributed by atoms with Gasteiger partial charge in [-0.25, -0.2) is 4.79 Å². The highest BCUT2D eigenvalue weighted by molar-refractivity contribution is 7.12. The van der Waals surface area contributed by atoms with Gasteiger partial charge >= 0.3 is 5.97 Å². The van der Waals surface area contributed by atoms with E-state index < -0.39 is 17.4 Å². The third kappa shape index (κ3) is 2.56. The number of thiophene rings is 1. The highest BCUT2D eigenvalue weighted by atomic mass is 32.1. The van der Waals surface area contributed by atoms with Crippen LogP contribution in [-0.2, 0) is 9.53 Å². The third-order valence-electron chi connectivity index (χ3n) is 3.62. The van der Waals surface area contributed by atoms with Gasteiger partial charge in [-0.3, -0.25) is 4.79 Å². The summed E-state index contributed by atoms with van der Waals surface area (Å²) >= 11 is 1.19. The highest BCUT2D eigenvalue weighted by Crippen LogP contribution is 2.39. The third-order valence-corrected chi connectivity index (χ3v) is 4.55. The molecule has 0 saturated carbocycles.